The van der Waals surface area contributed by atoms with Crippen molar-refractivity contribution < 1.29 is 14.3 Å². The summed E-state index contributed by atoms with van der Waals surface area (Å²) in [4.78, 5) is 11.5. The minimum atomic E-state index is -0.907. The Morgan fingerprint density at radius 3 is 2.08 bits per heavy atom. The van der Waals surface area contributed by atoms with Crippen molar-refractivity contribution in [1.82, 2.24) is 0 Å². The van der Waals surface area contributed by atoms with E-state index in [9.17, 15) is 4.79 Å². The van der Waals surface area contributed by atoms with Crippen molar-refractivity contribution in [2.24, 2.45) is 0 Å². The smallest absolute Gasteiger partial charge is 0.156 e. The van der Waals surface area contributed by atoms with Crippen LogP contribution in [0.25, 0.3) is 0 Å². The van der Waals surface area contributed by atoms with Crippen molar-refractivity contribution in [2.75, 3.05) is 0 Å². The van der Waals surface area contributed by atoms with Gasteiger partial charge in [-0.25, -0.2) is 0 Å². The molecule has 3 heteroatoms. The van der Waals surface area contributed by atoms with Gasteiger partial charge in [-0.3, -0.25) is 4.79 Å². The van der Waals surface area contributed by atoms with Crippen molar-refractivity contribution >= 4 is 6.29 Å². The van der Waals surface area contributed by atoms with Crippen LogP contribution in [0.2, 0.25) is 0 Å². The number of hydrogen-bond donors (Lipinski definition) is 0. The third-order valence-corrected chi connectivity index (χ3v) is 3.95. The molecule has 1 atom stereocenters. The second-order valence-electron chi connectivity index (χ2n) is 5.77. The number of ether oxygens (including phenoxy) is 2. The van der Waals surface area contributed by atoms with E-state index in [1.165, 1.54) is 0 Å². The molecule has 0 radical (unpaired) electrons. The van der Waals surface area contributed by atoms with E-state index in [0.717, 1.165) is 23.2 Å². The largest absolute Gasteiger partial charge is 0.489 e. The standard InChI is InChI=1S/C21H20O3/c22-17-21(24-16-19-9-5-2-6-10-19)13-11-20(12-14-21)23-15-18-7-3-1-4-8-18/h1-13,17H,14-16H2. The molecule has 2 aromatic carbocycles. The summed E-state index contributed by atoms with van der Waals surface area (Å²) in [6, 6.07) is 19.8. The van der Waals surface area contributed by atoms with Gasteiger partial charge in [0.15, 0.2) is 6.29 Å². The zero-order valence-electron chi connectivity index (χ0n) is 13.4. The zero-order valence-corrected chi connectivity index (χ0v) is 13.4. The molecule has 1 aliphatic rings. The summed E-state index contributed by atoms with van der Waals surface area (Å²) >= 11 is 0. The molecule has 0 heterocycles. The van der Waals surface area contributed by atoms with E-state index in [2.05, 4.69) is 0 Å². The minimum absolute atomic E-state index is 0.401. The first kappa shape index (κ1) is 16.2. The summed E-state index contributed by atoms with van der Waals surface area (Å²) in [6.45, 7) is 0.911. The van der Waals surface area contributed by atoms with Crippen molar-refractivity contribution in [3.05, 3.63) is 95.8 Å². The van der Waals surface area contributed by atoms with Crippen molar-refractivity contribution in [1.29, 1.82) is 0 Å². The van der Waals surface area contributed by atoms with E-state index in [-0.39, 0.29) is 0 Å². The van der Waals surface area contributed by atoms with Gasteiger partial charge in [-0.15, -0.1) is 0 Å². The van der Waals surface area contributed by atoms with Gasteiger partial charge in [0.05, 0.1) is 6.61 Å². The van der Waals surface area contributed by atoms with Crippen molar-refractivity contribution in [2.45, 2.75) is 25.2 Å². The average molecular weight is 320 g/mol. The lowest BCUT2D eigenvalue weighted by molar-refractivity contribution is -0.126. The molecule has 0 aromatic heterocycles. The quantitative estimate of drug-likeness (QED) is 0.717. The van der Waals surface area contributed by atoms with Gasteiger partial charge in [-0.1, -0.05) is 60.7 Å². The molecule has 3 rings (SSSR count). The van der Waals surface area contributed by atoms with Crippen LogP contribution in [0.1, 0.15) is 17.5 Å². The molecule has 0 aliphatic heterocycles. The lowest BCUT2D eigenvalue weighted by Gasteiger charge is -2.27. The fourth-order valence-corrected chi connectivity index (χ4v) is 2.49. The second kappa shape index (κ2) is 7.75. The monoisotopic (exact) mass is 320 g/mol. The Bertz CT molecular complexity index is 719. The summed E-state index contributed by atoms with van der Waals surface area (Å²) in [5, 5.41) is 0. The lowest BCUT2D eigenvalue weighted by atomic mass is 9.96. The Balaban J connectivity index is 1.56. The Morgan fingerprint density at radius 1 is 0.917 bits per heavy atom. The molecule has 0 fully saturated rings. The highest BCUT2D eigenvalue weighted by molar-refractivity contribution is 5.67. The van der Waals surface area contributed by atoms with Gasteiger partial charge in [0, 0.05) is 6.42 Å². The molecule has 1 aliphatic carbocycles. The molecule has 24 heavy (non-hydrogen) atoms. The number of rotatable bonds is 7. The predicted octanol–water partition coefficient (Wildman–Crippen LogP) is 4.20. The highest BCUT2D eigenvalue weighted by atomic mass is 16.5. The zero-order chi connectivity index (χ0) is 16.7. The maximum Gasteiger partial charge on any atom is 0.156 e. The van der Waals surface area contributed by atoms with E-state index in [0.29, 0.717) is 19.6 Å². The van der Waals surface area contributed by atoms with Crippen LogP contribution in [0.4, 0.5) is 0 Å². The molecular weight excluding hydrogens is 300 g/mol. The van der Waals surface area contributed by atoms with Crippen LogP contribution in [0, 0.1) is 0 Å². The number of hydrogen-bond acceptors (Lipinski definition) is 3. The molecule has 3 nitrogen and oxygen atoms in total. The number of benzene rings is 2. The van der Waals surface area contributed by atoms with Crippen LogP contribution in [-0.4, -0.2) is 11.9 Å². The molecule has 1 unspecified atom stereocenters. The van der Waals surface area contributed by atoms with E-state index >= 15 is 0 Å². The molecule has 0 N–H and O–H groups in total. The molecule has 2 aromatic rings. The van der Waals surface area contributed by atoms with E-state index in [4.69, 9.17) is 9.47 Å². The molecule has 0 amide bonds. The van der Waals surface area contributed by atoms with Crippen molar-refractivity contribution in [3.63, 3.8) is 0 Å². The number of allylic oxidation sites excluding steroid dienone is 1. The van der Waals surface area contributed by atoms with Gasteiger partial charge in [-0.05, 0) is 29.4 Å². The summed E-state index contributed by atoms with van der Waals surface area (Å²) < 4.78 is 11.6. The van der Waals surface area contributed by atoms with E-state index in [1.54, 1.807) is 6.08 Å². The lowest BCUT2D eigenvalue weighted by Crippen LogP contribution is -2.33. The molecule has 0 saturated heterocycles. The van der Waals surface area contributed by atoms with Crippen molar-refractivity contribution in [3.8, 4) is 0 Å². The van der Waals surface area contributed by atoms with Crippen LogP contribution >= 0.6 is 0 Å². The Labute approximate surface area is 142 Å². The Hall–Kier alpha value is -2.65. The second-order valence-corrected chi connectivity index (χ2v) is 5.77. The number of aldehydes is 1. The van der Waals surface area contributed by atoms with Gasteiger partial charge >= 0.3 is 0 Å². The molecule has 0 saturated carbocycles. The SMILES string of the molecule is O=CC1(OCc2ccccc2)C=CC(OCc2ccccc2)=CC1. The minimum Gasteiger partial charge on any atom is -0.489 e. The Kier molecular flexibility index (Phi) is 5.24. The van der Waals surface area contributed by atoms with Gasteiger partial charge < -0.3 is 9.47 Å². The highest BCUT2D eigenvalue weighted by Crippen LogP contribution is 2.25. The van der Waals surface area contributed by atoms with Gasteiger partial charge in [0.25, 0.3) is 0 Å². The van der Waals surface area contributed by atoms with Crippen LogP contribution in [-0.2, 0) is 27.5 Å². The van der Waals surface area contributed by atoms with E-state index < -0.39 is 5.60 Å². The third-order valence-electron chi connectivity index (χ3n) is 3.95. The van der Waals surface area contributed by atoms with Gasteiger partial charge in [-0.2, -0.15) is 0 Å². The predicted molar refractivity (Wildman–Crippen MR) is 93.1 cm³/mol. The highest BCUT2D eigenvalue weighted by Gasteiger charge is 2.29. The first-order chi connectivity index (χ1) is 11.8. The van der Waals surface area contributed by atoms with Crippen LogP contribution in [0.15, 0.2) is 84.7 Å². The topological polar surface area (TPSA) is 35.5 Å². The van der Waals surface area contributed by atoms with Gasteiger partial charge in [0.2, 0.25) is 0 Å². The summed E-state index contributed by atoms with van der Waals surface area (Å²) in [6.07, 6.45) is 6.83. The van der Waals surface area contributed by atoms with Crippen LogP contribution in [0.3, 0.4) is 0 Å². The van der Waals surface area contributed by atoms with Crippen LogP contribution in [0.5, 0.6) is 0 Å². The number of carbonyl (C=O) groups excluding carboxylic acids is 1. The maximum absolute atomic E-state index is 11.5. The summed E-state index contributed by atoms with van der Waals surface area (Å²) in [7, 11) is 0. The first-order valence-electron chi connectivity index (χ1n) is 8.00. The molecule has 0 bridgehead atoms. The summed E-state index contributed by atoms with van der Waals surface area (Å²) in [5.74, 6) is 0.764. The van der Waals surface area contributed by atoms with E-state index in [1.807, 2.05) is 72.8 Å². The third kappa shape index (κ3) is 4.21. The molecular formula is C21H20O3. The molecule has 122 valence electrons. The average Bonchev–Trinajstić information content (AvgIpc) is 2.67. The first-order valence-corrected chi connectivity index (χ1v) is 8.00. The van der Waals surface area contributed by atoms with Gasteiger partial charge in [0.1, 0.15) is 18.0 Å². The fraction of sp³-hybridized carbons (Fsp3) is 0.190. The maximum atomic E-state index is 11.5. The van der Waals surface area contributed by atoms with Crippen LogP contribution < -0.4 is 0 Å². The normalized spacial score (nSPS) is 19.6. The fourth-order valence-electron chi connectivity index (χ4n) is 2.49. The molecule has 0 spiro atoms. The Morgan fingerprint density at radius 2 is 1.54 bits per heavy atom. The number of carbonyl (C=O) groups is 1. The summed E-state index contributed by atoms with van der Waals surface area (Å²) in [5.41, 5.74) is 1.25.